The van der Waals surface area contributed by atoms with E-state index in [1.165, 1.54) is 0 Å². The maximum Gasteiger partial charge on any atom is 0.241 e. The van der Waals surface area contributed by atoms with Crippen LogP contribution in [0.25, 0.3) is 0 Å². The highest BCUT2D eigenvalue weighted by Crippen LogP contribution is 2.10. The number of nitrogen functional groups attached to an aromatic ring is 1. The fraction of sp³-hybridized carbons (Fsp3) is 0.467. The highest BCUT2D eigenvalue weighted by atomic mass is 16.2. The zero-order valence-electron chi connectivity index (χ0n) is 11.8. The van der Waals surface area contributed by atoms with Crippen molar-refractivity contribution in [2.75, 3.05) is 32.4 Å². The number of nitrogens with two attached hydrogens (primary N) is 1. The van der Waals surface area contributed by atoms with Crippen LogP contribution >= 0.6 is 0 Å². The van der Waals surface area contributed by atoms with Crippen molar-refractivity contribution in [2.45, 2.75) is 19.3 Å². The smallest absolute Gasteiger partial charge is 0.241 e. The molecule has 1 aromatic rings. The van der Waals surface area contributed by atoms with Crippen LogP contribution in [0.3, 0.4) is 0 Å². The van der Waals surface area contributed by atoms with Gasteiger partial charge in [-0.1, -0.05) is 12.1 Å². The average Bonchev–Trinajstić information content (AvgIpc) is 2.60. The van der Waals surface area contributed by atoms with Gasteiger partial charge in [0.25, 0.3) is 0 Å². The lowest BCUT2D eigenvalue weighted by Crippen LogP contribution is -2.38. The molecule has 1 saturated heterocycles. The van der Waals surface area contributed by atoms with Crippen LogP contribution in [0, 0.1) is 0 Å². The summed E-state index contributed by atoms with van der Waals surface area (Å²) >= 11 is 0. The molecule has 1 fully saturated rings. The molecule has 0 atom stereocenters. The van der Waals surface area contributed by atoms with E-state index < -0.39 is 0 Å². The maximum absolute atomic E-state index is 12.2. The lowest BCUT2D eigenvalue weighted by molar-refractivity contribution is -0.138. The molecule has 0 bridgehead atoms. The Kier molecular flexibility index (Phi) is 4.61. The number of benzene rings is 1. The zero-order valence-corrected chi connectivity index (χ0v) is 11.8. The summed E-state index contributed by atoms with van der Waals surface area (Å²) < 4.78 is 0. The van der Waals surface area contributed by atoms with Crippen molar-refractivity contribution in [1.29, 1.82) is 0 Å². The van der Waals surface area contributed by atoms with Crippen molar-refractivity contribution in [2.24, 2.45) is 0 Å². The second-order valence-electron chi connectivity index (χ2n) is 5.23. The molecule has 1 heterocycles. The molecule has 0 aromatic heterocycles. The highest BCUT2D eigenvalue weighted by molar-refractivity contribution is 5.85. The van der Waals surface area contributed by atoms with E-state index in [1.807, 2.05) is 24.3 Å². The predicted octanol–water partition coefficient (Wildman–Crippen LogP) is 0.892. The number of carbonyl (C=O) groups is 2. The first-order chi connectivity index (χ1) is 9.56. The molecule has 0 unspecified atom stereocenters. The predicted molar refractivity (Wildman–Crippen MR) is 78.0 cm³/mol. The molecule has 1 aromatic carbocycles. The minimum absolute atomic E-state index is 0.0170. The first kappa shape index (κ1) is 14.4. The van der Waals surface area contributed by atoms with Crippen molar-refractivity contribution < 1.29 is 9.59 Å². The number of likely N-dealkylation sites (N-methyl/N-ethyl adjacent to an activating group) is 1. The minimum Gasteiger partial charge on any atom is -0.399 e. The number of aryl methyl sites for hydroxylation is 1. The Morgan fingerprint density at radius 2 is 1.95 bits per heavy atom. The molecule has 0 aliphatic carbocycles. The quantitative estimate of drug-likeness (QED) is 0.833. The Balaban J connectivity index is 1.88. The number of carbonyl (C=O) groups excluding carboxylic acids is 2. The van der Waals surface area contributed by atoms with Gasteiger partial charge in [0, 0.05) is 32.2 Å². The van der Waals surface area contributed by atoms with Crippen LogP contribution in [-0.4, -0.2) is 48.3 Å². The first-order valence-electron chi connectivity index (χ1n) is 6.92. The summed E-state index contributed by atoms with van der Waals surface area (Å²) in [5.74, 6) is 0.0637. The van der Waals surface area contributed by atoms with E-state index in [9.17, 15) is 9.59 Å². The summed E-state index contributed by atoms with van der Waals surface area (Å²) in [6.07, 6.45) is 1.95. The topological polar surface area (TPSA) is 66.6 Å². The van der Waals surface area contributed by atoms with Crippen molar-refractivity contribution >= 4 is 17.5 Å². The third-order valence-electron chi connectivity index (χ3n) is 3.63. The Hall–Kier alpha value is -2.04. The first-order valence-corrected chi connectivity index (χ1v) is 6.92. The summed E-state index contributed by atoms with van der Waals surface area (Å²) in [6, 6.07) is 7.54. The van der Waals surface area contributed by atoms with E-state index in [0.29, 0.717) is 19.4 Å². The Labute approximate surface area is 119 Å². The molecule has 1 aliphatic heterocycles. The second-order valence-corrected chi connectivity index (χ2v) is 5.23. The number of amides is 2. The molecular formula is C15H21N3O2. The van der Waals surface area contributed by atoms with Crippen LogP contribution in [0.15, 0.2) is 24.3 Å². The van der Waals surface area contributed by atoms with E-state index >= 15 is 0 Å². The van der Waals surface area contributed by atoms with E-state index in [1.54, 1.807) is 16.8 Å². The SMILES string of the molecule is CN1CCCN(C(=O)CCc2ccc(N)cc2)CC1=O. The zero-order chi connectivity index (χ0) is 14.5. The second kappa shape index (κ2) is 6.41. The number of hydrogen-bond donors (Lipinski definition) is 1. The normalized spacial score (nSPS) is 16.1. The largest absolute Gasteiger partial charge is 0.399 e. The van der Waals surface area contributed by atoms with Crippen molar-refractivity contribution in [3.05, 3.63) is 29.8 Å². The van der Waals surface area contributed by atoms with Gasteiger partial charge in [-0.15, -0.1) is 0 Å². The maximum atomic E-state index is 12.2. The van der Waals surface area contributed by atoms with Gasteiger partial charge in [-0.05, 0) is 30.5 Å². The van der Waals surface area contributed by atoms with Crippen LogP contribution in [0.4, 0.5) is 5.69 Å². The van der Waals surface area contributed by atoms with Gasteiger partial charge in [0.15, 0.2) is 0 Å². The van der Waals surface area contributed by atoms with Gasteiger partial charge in [-0.2, -0.15) is 0 Å². The molecule has 5 heteroatoms. The van der Waals surface area contributed by atoms with Gasteiger partial charge in [0.05, 0.1) is 6.54 Å². The minimum atomic E-state index is 0.0170. The Morgan fingerprint density at radius 1 is 1.25 bits per heavy atom. The molecular weight excluding hydrogens is 254 g/mol. The summed E-state index contributed by atoms with van der Waals surface area (Å²) in [7, 11) is 1.78. The number of rotatable bonds is 3. The van der Waals surface area contributed by atoms with Gasteiger partial charge in [0.2, 0.25) is 11.8 Å². The number of nitrogens with zero attached hydrogens (tertiary/aromatic N) is 2. The fourth-order valence-electron chi connectivity index (χ4n) is 2.29. The van der Waals surface area contributed by atoms with Crippen molar-refractivity contribution in [1.82, 2.24) is 9.80 Å². The van der Waals surface area contributed by atoms with Gasteiger partial charge >= 0.3 is 0 Å². The van der Waals surface area contributed by atoms with Crippen LogP contribution in [-0.2, 0) is 16.0 Å². The Morgan fingerprint density at radius 3 is 2.65 bits per heavy atom. The molecule has 0 saturated carbocycles. The fourth-order valence-corrected chi connectivity index (χ4v) is 2.29. The number of hydrogen-bond acceptors (Lipinski definition) is 3. The molecule has 2 N–H and O–H groups in total. The van der Waals surface area contributed by atoms with Crippen LogP contribution < -0.4 is 5.73 Å². The summed E-state index contributed by atoms with van der Waals surface area (Å²) in [5.41, 5.74) is 7.44. The molecule has 108 valence electrons. The highest BCUT2D eigenvalue weighted by Gasteiger charge is 2.22. The molecule has 20 heavy (non-hydrogen) atoms. The lowest BCUT2D eigenvalue weighted by Gasteiger charge is -2.19. The molecule has 0 radical (unpaired) electrons. The molecule has 1 aliphatic rings. The van der Waals surface area contributed by atoms with Crippen molar-refractivity contribution in [3.8, 4) is 0 Å². The monoisotopic (exact) mass is 275 g/mol. The summed E-state index contributed by atoms with van der Waals surface area (Å²) in [5, 5.41) is 0. The van der Waals surface area contributed by atoms with Gasteiger partial charge < -0.3 is 15.5 Å². The molecule has 2 rings (SSSR count). The number of anilines is 1. The summed E-state index contributed by atoms with van der Waals surface area (Å²) in [6.45, 7) is 1.59. The molecule has 0 spiro atoms. The van der Waals surface area contributed by atoms with Crippen LogP contribution in [0.5, 0.6) is 0 Å². The van der Waals surface area contributed by atoms with Gasteiger partial charge in [-0.25, -0.2) is 0 Å². The van der Waals surface area contributed by atoms with Gasteiger partial charge in [0.1, 0.15) is 0 Å². The lowest BCUT2D eigenvalue weighted by atomic mass is 10.1. The third-order valence-corrected chi connectivity index (χ3v) is 3.63. The Bertz CT molecular complexity index is 484. The molecule has 2 amide bonds. The van der Waals surface area contributed by atoms with E-state index in [-0.39, 0.29) is 18.4 Å². The van der Waals surface area contributed by atoms with Crippen molar-refractivity contribution in [3.63, 3.8) is 0 Å². The summed E-state index contributed by atoms with van der Waals surface area (Å²) in [4.78, 5) is 27.3. The third kappa shape index (κ3) is 3.73. The van der Waals surface area contributed by atoms with E-state index in [0.717, 1.165) is 24.2 Å². The average molecular weight is 275 g/mol. The standard InChI is InChI=1S/C15H21N3O2/c1-17-9-2-10-18(11-15(17)20)14(19)8-5-12-3-6-13(16)7-4-12/h3-4,6-7H,2,5,8-11,16H2,1H3. The molecule has 5 nitrogen and oxygen atoms in total. The van der Waals surface area contributed by atoms with E-state index in [4.69, 9.17) is 5.73 Å². The van der Waals surface area contributed by atoms with E-state index in [2.05, 4.69) is 0 Å². The van der Waals surface area contributed by atoms with Gasteiger partial charge in [-0.3, -0.25) is 9.59 Å². The van der Waals surface area contributed by atoms with Crippen LogP contribution in [0.1, 0.15) is 18.4 Å². The van der Waals surface area contributed by atoms with Crippen LogP contribution in [0.2, 0.25) is 0 Å².